The number of nitrogens with zero attached hydrogens (tertiary/aromatic N) is 1. The van der Waals surface area contributed by atoms with E-state index in [4.69, 9.17) is 0 Å². The molecule has 112 valence electrons. The lowest BCUT2D eigenvalue weighted by Gasteiger charge is -2.28. The van der Waals surface area contributed by atoms with Gasteiger partial charge in [-0.1, -0.05) is 29.3 Å². The van der Waals surface area contributed by atoms with E-state index in [2.05, 4.69) is 42.3 Å². The van der Waals surface area contributed by atoms with Crippen LogP contribution in [0.2, 0.25) is 0 Å². The Balaban J connectivity index is 1.93. The molecule has 1 fully saturated rings. The van der Waals surface area contributed by atoms with Gasteiger partial charge in [0.2, 0.25) is 0 Å². The molecule has 1 N–H and O–H groups in total. The predicted octanol–water partition coefficient (Wildman–Crippen LogP) is 2.02. The van der Waals surface area contributed by atoms with Gasteiger partial charge in [-0.3, -0.25) is 4.21 Å². The van der Waals surface area contributed by atoms with Crippen LogP contribution in [-0.4, -0.2) is 47.3 Å². The Morgan fingerprint density at radius 2 is 1.80 bits per heavy atom. The van der Waals surface area contributed by atoms with Gasteiger partial charge in [-0.05, 0) is 32.9 Å². The molecule has 1 saturated heterocycles. The zero-order valence-corrected chi connectivity index (χ0v) is 13.6. The van der Waals surface area contributed by atoms with Gasteiger partial charge in [0.1, 0.15) is 0 Å². The van der Waals surface area contributed by atoms with Crippen molar-refractivity contribution in [3.8, 4) is 0 Å². The third-order valence-electron chi connectivity index (χ3n) is 4.00. The summed E-state index contributed by atoms with van der Waals surface area (Å²) in [7, 11) is 1.46. The summed E-state index contributed by atoms with van der Waals surface area (Å²) in [6.07, 6.45) is 1.10. The number of hydrogen-bond donors (Lipinski definition) is 1. The van der Waals surface area contributed by atoms with E-state index in [1.807, 2.05) is 7.05 Å². The summed E-state index contributed by atoms with van der Waals surface area (Å²) in [6.45, 7) is 7.35. The quantitative estimate of drug-likeness (QED) is 0.902. The van der Waals surface area contributed by atoms with E-state index in [0.717, 1.165) is 37.6 Å². The molecule has 0 bridgehead atoms. The molecule has 0 aromatic heterocycles. The maximum absolute atomic E-state index is 11.4. The van der Waals surface area contributed by atoms with Gasteiger partial charge >= 0.3 is 0 Å². The smallest absolute Gasteiger partial charge is 0.0363 e. The molecule has 1 atom stereocenters. The fourth-order valence-corrected chi connectivity index (χ4v) is 4.03. The van der Waals surface area contributed by atoms with Crippen molar-refractivity contribution in [1.82, 2.24) is 10.2 Å². The van der Waals surface area contributed by atoms with E-state index in [9.17, 15) is 4.21 Å². The summed E-state index contributed by atoms with van der Waals surface area (Å²) in [5.41, 5.74) is 4.04. The largest absolute Gasteiger partial charge is 0.313 e. The van der Waals surface area contributed by atoms with Gasteiger partial charge in [0, 0.05) is 48.0 Å². The second-order valence-corrected chi connectivity index (χ2v) is 7.44. The Hall–Kier alpha value is -0.710. The maximum atomic E-state index is 11.4. The number of nitrogens with one attached hydrogen (secondary N) is 1. The minimum Gasteiger partial charge on any atom is -0.313 e. The Labute approximate surface area is 125 Å². The van der Waals surface area contributed by atoms with Crippen LogP contribution in [0.5, 0.6) is 0 Å². The molecule has 1 aromatic rings. The van der Waals surface area contributed by atoms with Gasteiger partial charge in [-0.25, -0.2) is 0 Å². The van der Waals surface area contributed by atoms with Gasteiger partial charge in [0.05, 0.1) is 0 Å². The van der Waals surface area contributed by atoms with Crippen molar-refractivity contribution in [2.45, 2.75) is 26.3 Å². The highest BCUT2D eigenvalue weighted by Gasteiger charge is 2.17. The molecule has 0 aliphatic carbocycles. The fraction of sp³-hybridized carbons (Fsp3) is 0.625. The first-order chi connectivity index (χ1) is 9.58. The Morgan fingerprint density at radius 3 is 2.35 bits per heavy atom. The van der Waals surface area contributed by atoms with Gasteiger partial charge in [-0.2, -0.15) is 0 Å². The monoisotopic (exact) mass is 294 g/mol. The SMILES string of the molecule is CNC(CCN1CCS(=O)CC1)c1cc(C)cc(C)c1. The van der Waals surface area contributed by atoms with Crippen molar-refractivity contribution in [2.75, 3.05) is 38.2 Å². The number of aryl methyl sites for hydroxylation is 2. The number of rotatable bonds is 5. The Kier molecular flexibility index (Phi) is 5.75. The first-order valence-corrected chi connectivity index (χ1v) is 8.90. The molecule has 1 aliphatic rings. The standard InChI is InChI=1S/C16H26N2OS/c1-13-10-14(2)12-15(11-13)16(17-3)4-5-18-6-8-20(19)9-7-18/h10-12,16-17H,4-9H2,1-3H3. The van der Waals surface area contributed by atoms with Crippen molar-refractivity contribution < 1.29 is 4.21 Å². The van der Waals surface area contributed by atoms with Crippen molar-refractivity contribution in [3.05, 3.63) is 34.9 Å². The first kappa shape index (κ1) is 15.7. The number of hydrogen-bond acceptors (Lipinski definition) is 3. The van der Waals surface area contributed by atoms with Crippen LogP contribution >= 0.6 is 0 Å². The summed E-state index contributed by atoms with van der Waals surface area (Å²) >= 11 is 0. The zero-order chi connectivity index (χ0) is 14.5. The summed E-state index contributed by atoms with van der Waals surface area (Å²) in [4.78, 5) is 2.44. The van der Waals surface area contributed by atoms with Crippen molar-refractivity contribution in [3.63, 3.8) is 0 Å². The number of benzene rings is 1. The van der Waals surface area contributed by atoms with Gasteiger partial charge < -0.3 is 10.2 Å². The van der Waals surface area contributed by atoms with Crippen molar-refractivity contribution in [2.24, 2.45) is 0 Å². The molecule has 1 unspecified atom stereocenters. The third kappa shape index (κ3) is 4.40. The summed E-state index contributed by atoms with van der Waals surface area (Å²) in [6, 6.07) is 7.18. The molecule has 1 aliphatic heterocycles. The lowest BCUT2D eigenvalue weighted by Crippen LogP contribution is -2.39. The molecule has 20 heavy (non-hydrogen) atoms. The normalized spacial score (nSPS) is 19.1. The second kappa shape index (κ2) is 7.34. The van der Waals surface area contributed by atoms with Gasteiger partial charge in [0.15, 0.2) is 0 Å². The van der Waals surface area contributed by atoms with Crippen LogP contribution in [0.15, 0.2) is 18.2 Å². The molecule has 0 spiro atoms. The zero-order valence-electron chi connectivity index (χ0n) is 12.8. The minimum atomic E-state index is -0.576. The molecule has 0 amide bonds. The van der Waals surface area contributed by atoms with E-state index >= 15 is 0 Å². The van der Waals surface area contributed by atoms with Gasteiger partial charge in [0.25, 0.3) is 0 Å². The topological polar surface area (TPSA) is 32.3 Å². The predicted molar refractivity (Wildman–Crippen MR) is 86.7 cm³/mol. The first-order valence-electron chi connectivity index (χ1n) is 7.41. The highest BCUT2D eigenvalue weighted by molar-refractivity contribution is 7.85. The summed E-state index contributed by atoms with van der Waals surface area (Å²) < 4.78 is 11.4. The molecule has 0 radical (unpaired) electrons. The molecule has 4 heteroatoms. The highest BCUT2D eigenvalue weighted by Crippen LogP contribution is 2.20. The summed E-state index contributed by atoms with van der Waals surface area (Å²) in [5, 5.41) is 3.43. The Bertz CT molecular complexity index is 445. The molecule has 1 heterocycles. The molecule has 0 saturated carbocycles. The molecule has 3 nitrogen and oxygen atoms in total. The average Bonchev–Trinajstić information content (AvgIpc) is 2.40. The van der Waals surface area contributed by atoms with E-state index in [0.29, 0.717) is 6.04 Å². The van der Waals surface area contributed by atoms with Crippen LogP contribution in [0, 0.1) is 13.8 Å². The van der Waals surface area contributed by atoms with Gasteiger partial charge in [-0.15, -0.1) is 0 Å². The second-order valence-electron chi connectivity index (χ2n) is 5.74. The molecule has 2 rings (SSSR count). The van der Waals surface area contributed by atoms with E-state index in [1.54, 1.807) is 0 Å². The van der Waals surface area contributed by atoms with Crippen LogP contribution < -0.4 is 5.32 Å². The molecular formula is C16H26N2OS. The van der Waals surface area contributed by atoms with Crippen molar-refractivity contribution in [1.29, 1.82) is 0 Å². The fourth-order valence-electron chi connectivity index (χ4n) is 2.90. The Morgan fingerprint density at radius 1 is 1.20 bits per heavy atom. The lowest BCUT2D eigenvalue weighted by molar-refractivity contribution is 0.281. The van der Waals surface area contributed by atoms with Crippen LogP contribution in [0.3, 0.4) is 0 Å². The third-order valence-corrected chi connectivity index (χ3v) is 5.28. The lowest BCUT2D eigenvalue weighted by atomic mass is 9.99. The molecule has 1 aromatic carbocycles. The minimum absolute atomic E-state index is 0.404. The van der Waals surface area contributed by atoms with Crippen molar-refractivity contribution >= 4 is 10.8 Å². The van der Waals surface area contributed by atoms with E-state index in [1.165, 1.54) is 16.7 Å². The summed E-state index contributed by atoms with van der Waals surface area (Å²) in [5.74, 6) is 1.68. The van der Waals surface area contributed by atoms with Crippen LogP contribution in [-0.2, 0) is 10.8 Å². The maximum Gasteiger partial charge on any atom is 0.0363 e. The van der Waals surface area contributed by atoms with Crippen LogP contribution in [0.1, 0.15) is 29.2 Å². The van der Waals surface area contributed by atoms with E-state index in [-0.39, 0.29) is 0 Å². The van der Waals surface area contributed by atoms with E-state index < -0.39 is 10.8 Å². The average molecular weight is 294 g/mol. The van der Waals surface area contributed by atoms with Crippen LogP contribution in [0.25, 0.3) is 0 Å². The highest BCUT2D eigenvalue weighted by atomic mass is 32.2. The molecular weight excluding hydrogens is 268 g/mol. The van der Waals surface area contributed by atoms with Crippen LogP contribution in [0.4, 0.5) is 0 Å².